The van der Waals surface area contributed by atoms with E-state index in [1.54, 1.807) is 0 Å². The van der Waals surface area contributed by atoms with Crippen LogP contribution < -0.4 is 0 Å². The molecule has 0 aromatic heterocycles. The van der Waals surface area contributed by atoms with Crippen molar-refractivity contribution in [2.75, 3.05) is 6.61 Å². The van der Waals surface area contributed by atoms with E-state index in [4.69, 9.17) is 4.55 Å². The molecule has 0 aromatic rings. The van der Waals surface area contributed by atoms with Gasteiger partial charge in [0.15, 0.2) is 0 Å². The molecular weight excluding hydrogens is 241 g/mol. The Bertz CT molecular complexity index is 305. The Labute approximate surface area is 79.6 Å². The van der Waals surface area contributed by atoms with Crippen molar-refractivity contribution >= 4 is 17.0 Å². The summed E-state index contributed by atoms with van der Waals surface area (Å²) in [5, 5.41) is 0. The summed E-state index contributed by atoms with van der Waals surface area (Å²) in [6.45, 7) is -0.258. The van der Waals surface area contributed by atoms with E-state index in [0.717, 1.165) is 0 Å². The molecule has 0 aromatic carbocycles. The summed E-state index contributed by atoms with van der Waals surface area (Å²) >= 11 is 0. The highest BCUT2D eigenvalue weighted by Crippen LogP contribution is 2.39. The van der Waals surface area contributed by atoms with Crippen molar-refractivity contribution in [1.29, 1.82) is 0 Å². The van der Waals surface area contributed by atoms with Gasteiger partial charge in [0.1, 0.15) is 0 Å². The zero-order valence-electron chi connectivity index (χ0n) is 7.04. The minimum Gasteiger partial charge on any atom is -0.396 e. The lowest BCUT2D eigenvalue weighted by Gasteiger charge is -2.32. The van der Waals surface area contributed by atoms with Crippen LogP contribution in [0.2, 0.25) is 6.04 Å². The van der Waals surface area contributed by atoms with Crippen LogP contribution in [0.15, 0.2) is 0 Å². The lowest BCUT2D eigenvalue weighted by atomic mass is 10.4. The Hall–Kier alpha value is -0.123. The first-order valence-corrected chi connectivity index (χ1v) is 8.16. The Morgan fingerprint density at radius 3 is 2.07 bits per heavy atom. The van der Waals surface area contributed by atoms with Crippen LogP contribution in [0.25, 0.3) is 0 Å². The van der Waals surface area contributed by atoms with E-state index in [1.165, 1.54) is 0 Å². The van der Waals surface area contributed by atoms with Gasteiger partial charge in [0.05, 0.1) is 0 Å². The van der Waals surface area contributed by atoms with Gasteiger partial charge in [-0.05, 0) is 12.5 Å². The van der Waals surface area contributed by atoms with Crippen LogP contribution in [0.4, 0.5) is 13.2 Å². The summed E-state index contributed by atoms with van der Waals surface area (Å²) in [6.07, 6.45) is 0.506. The van der Waals surface area contributed by atoms with Gasteiger partial charge in [0.25, 0.3) is 9.57 Å². The first kappa shape index (κ1) is 11.9. The fraction of sp³-hybridized carbons (Fsp3) is 1.00. The molecule has 0 radical (unpaired) electrons. The number of rotatable bonds is 1. The van der Waals surface area contributed by atoms with Crippen LogP contribution in [0.5, 0.6) is 0 Å². The molecule has 4 nitrogen and oxygen atoms in total. The Kier molecular flexibility index (Phi) is 2.96. The van der Waals surface area contributed by atoms with Crippen LogP contribution in [0.3, 0.4) is 0 Å². The van der Waals surface area contributed by atoms with Crippen molar-refractivity contribution in [2.24, 2.45) is 0 Å². The lowest BCUT2D eigenvalue weighted by molar-refractivity contribution is -0.0725. The topological polar surface area (TPSA) is 63.6 Å². The van der Waals surface area contributed by atoms with Gasteiger partial charge in [-0.15, -0.1) is 0 Å². The largest absolute Gasteiger partial charge is 0.479 e. The smallest absolute Gasteiger partial charge is 0.396 e. The first-order chi connectivity index (χ1) is 6.21. The van der Waals surface area contributed by atoms with E-state index in [2.05, 4.69) is 4.43 Å². The molecule has 1 N–H and O–H groups in total. The minimum absolute atomic E-state index is 0.117. The molecule has 1 rings (SSSR count). The van der Waals surface area contributed by atoms with Gasteiger partial charge >= 0.3 is 13.3 Å². The molecule has 1 heterocycles. The number of alkyl halides is 3. The van der Waals surface area contributed by atoms with E-state index in [9.17, 15) is 21.6 Å². The molecule has 1 unspecified atom stereocenters. The van der Waals surface area contributed by atoms with Crippen molar-refractivity contribution in [3.05, 3.63) is 0 Å². The average molecular weight is 250 g/mol. The molecule has 0 bridgehead atoms. The van der Waals surface area contributed by atoms with Crippen molar-refractivity contribution < 1.29 is 30.6 Å². The molecule has 1 fully saturated rings. The molecule has 1 atom stereocenters. The average Bonchev–Trinajstić information content (AvgIpc) is 2.02. The predicted molar refractivity (Wildman–Crippen MR) is 43.4 cm³/mol. The second kappa shape index (κ2) is 3.47. The van der Waals surface area contributed by atoms with Gasteiger partial charge in [0, 0.05) is 6.61 Å². The molecule has 1 saturated heterocycles. The second-order valence-corrected chi connectivity index (χ2v) is 10.4. The molecule has 84 valence electrons. The molecule has 1 aliphatic heterocycles. The maximum absolute atomic E-state index is 12.5. The molecule has 0 spiro atoms. The quantitative estimate of drug-likeness (QED) is 0.561. The molecular formula is C5H9F3O4SSi. The molecule has 9 heteroatoms. The summed E-state index contributed by atoms with van der Waals surface area (Å²) in [6, 6.07) is -0.616. The van der Waals surface area contributed by atoms with Crippen LogP contribution in [0, 0.1) is 0 Å². The zero-order chi connectivity index (χ0) is 11.0. The van der Waals surface area contributed by atoms with Gasteiger partial charge in [-0.2, -0.15) is 13.2 Å². The fourth-order valence-electron chi connectivity index (χ4n) is 1.34. The van der Waals surface area contributed by atoms with Crippen LogP contribution in [-0.4, -0.2) is 32.8 Å². The highest BCUT2D eigenvalue weighted by atomic mass is 32.4. The maximum Gasteiger partial charge on any atom is 0.479 e. The molecule has 1 aliphatic rings. The van der Waals surface area contributed by atoms with Gasteiger partial charge in [-0.1, -0.05) is 6.42 Å². The lowest BCUT2D eigenvalue weighted by Crippen LogP contribution is -2.61. The molecule has 0 amide bonds. The Morgan fingerprint density at radius 2 is 1.86 bits per heavy atom. The van der Waals surface area contributed by atoms with Crippen molar-refractivity contribution in [3.8, 4) is 0 Å². The summed E-state index contributed by atoms with van der Waals surface area (Å²) in [5.74, 6) is -4.97. The van der Waals surface area contributed by atoms with Gasteiger partial charge < -0.3 is 4.43 Å². The van der Waals surface area contributed by atoms with Crippen LogP contribution in [-0.2, 0) is 14.0 Å². The highest BCUT2D eigenvalue weighted by molar-refractivity contribution is 8.17. The summed E-state index contributed by atoms with van der Waals surface area (Å²) in [5.41, 5.74) is 0. The van der Waals surface area contributed by atoms with Crippen molar-refractivity contribution in [3.63, 3.8) is 0 Å². The van der Waals surface area contributed by atoms with E-state index in [1.807, 2.05) is 0 Å². The molecule has 14 heavy (non-hydrogen) atoms. The van der Waals surface area contributed by atoms with E-state index >= 15 is 0 Å². The SMILES string of the molecule is O=S(=O)(O)[Si]1(C(F)(F)F)CCCCO1. The number of halogens is 3. The maximum atomic E-state index is 12.5. The summed E-state index contributed by atoms with van der Waals surface area (Å²) in [4.78, 5) is 0. The summed E-state index contributed by atoms with van der Waals surface area (Å²) in [7, 11) is -10.2. The number of hydrogen-bond acceptors (Lipinski definition) is 3. The zero-order valence-corrected chi connectivity index (χ0v) is 8.86. The molecule has 0 aliphatic carbocycles. The van der Waals surface area contributed by atoms with Crippen molar-refractivity contribution in [1.82, 2.24) is 0 Å². The summed E-state index contributed by atoms with van der Waals surface area (Å²) < 4.78 is 71.9. The van der Waals surface area contributed by atoms with Gasteiger partial charge in [-0.25, -0.2) is 8.42 Å². The second-order valence-electron chi connectivity index (χ2n) is 3.03. The van der Waals surface area contributed by atoms with E-state index in [0.29, 0.717) is 6.42 Å². The minimum atomic E-state index is -5.15. The third-order valence-electron chi connectivity index (χ3n) is 2.08. The van der Waals surface area contributed by atoms with Crippen LogP contribution in [0.1, 0.15) is 12.8 Å². The van der Waals surface area contributed by atoms with Crippen LogP contribution >= 0.6 is 0 Å². The van der Waals surface area contributed by atoms with Crippen molar-refractivity contribution in [2.45, 2.75) is 24.7 Å². The first-order valence-electron chi connectivity index (χ1n) is 3.88. The third-order valence-corrected chi connectivity index (χ3v) is 9.62. The Morgan fingerprint density at radius 1 is 1.29 bits per heavy atom. The standard InChI is InChI=1S/C5H9F3O4SSi/c6-5(7,8)14(13(9,10)11)4-2-1-3-12-14/h1-4H2,(H,9,10,11). The van der Waals surface area contributed by atoms with Gasteiger partial charge in [0.2, 0.25) is 0 Å². The monoisotopic (exact) mass is 250 g/mol. The number of hydrogen-bond donors (Lipinski definition) is 1. The predicted octanol–water partition coefficient (Wildman–Crippen LogP) is 1.23. The fourth-order valence-corrected chi connectivity index (χ4v) is 6.60. The normalized spacial score (nSPS) is 30.3. The molecule has 0 saturated carbocycles. The highest BCUT2D eigenvalue weighted by Gasteiger charge is 2.70. The van der Waals surface area contributed by atoms with Gasteiger partial charge in [-0.3, -0.25) is 4.55 Å². The van der Waals surface area contributed by atoms with E-state index in [-0.39, 0.29) is 13.0 Å². The Balaban J connectivity index is 3.15. The van der Waals surface area contributed by atoms with E-state index < -0.39 is 28.9 Å². The third kappa shape index (κ3) is 1.81.